The van der Waals surface area contributed by atoms with Crippen LogP contribution in [0.2, 0.25) is 0 Å². The molecule has 36 heteroatoms. The summed E-state index contributed by atoms with van der Waals surface area (Å²) < 4.78 is 436. The Bertz CT molecular complexity index is 1370. The smallest absolute Gasteiger partial charge is 0.450 e. The molecule has 0 unspecified atom stereocenters. The molecule has 0 aliphatic carbocycles. The van der Waals surface area contributed by atoms with Gasteiger partial charge in [-0.2, -0.15) is 123 Å². The highest BCUT2D eigenvalue weighted by Crippen LogP contribution is 3.06. The van der Waals surface area contributed by atoms with Gasteiger partial charge in [0.2, 0.25) is 0 Å². The second-order valence-corrected chi connectivity index (χ2v) is 11.7. The van der Waals surface area contributed by atoms with E-state index in [0.29, 0.717) is 0 Å². The molecule has 0 fully saturated rings. The van der Waals surface area contributed by atoms with Crippen molar-refractivity contribution >= 4 is 16.2 Å². The molecule has 51 heavy (non-hydrogen) atoms. The zero-order valence-electron chi connectivity index (χ0n) is 21.2. The zero-order valence-corrected chi connectivity index (χ0v) is 22.1. The van der Waals surface area contributed by atoms with E-state index < -0.39 is 98.4 Å². The van der Waals surface area contributed by atoms with Gasteiger partial charge >= 0.3 is 98.4 Å². The van der Waals surface area contributed by atoms with Gasteiger partial charge in [0.15, 0.2) is 0 Å². The van der Waals surface area contributed by atoms with Crippen molar-refractivity contribution < 1.29 is 152 Å². The molecule has 0 aromatic rings. The molecule has 0 aliphatic rings. The predicted octanol–water partition coefficient (Wildman–Crippen LogP) is 11.2. The van der Waals surface area contributed by atoms with Gasteiger partial charge in [-0.1, -0.05) is 19.4 Å². The largest absolute Gasteiger partial charge is 0.477 e. The van der Waals surface area contributed by atoms with Crippen molar-refractivity contribution in [2.75, 3.05) is 0 Å². The Morgan fingerprint density at radius 3 is 0.569 bits per heavy atom. The maximum Gasteiger partial charge on any atom is 0.450 e. The molecule has 0 heterocycles. The van der Waals surface area contributed by atoms with E-state index in [-0.39, 0.29) is 0 Å². The van der Waals surface area contributed by atoms with Gasteiger partial charge in [-0.05, 0) is 0 Å². The first-order chi connectivity index (χ1) is 20.9. The number of hydrogen-bond donors (Lipinski definition) is 1. The summed E-state index contributed by atoms with van der Waals surface area (Å²) in [7, 11) is -14.0. The Kier molecular flexibility index (Phi) is 9.87. The van der Waals surface area contributed by atoms with Crippen LogP contribution in [0.5, 0.6) is 0 Å². The van der Waals surface area contributed by atoms with E-state index in [0.717, 1.165) is 0 Å². The van der Waals surface area contributed by atoms with E-state index in [4.69, 9.17) is 5.11 Å². The number of carboxylic acids is 1. The Hall–Kier alpha value is -2.49. The highest BCUT2D eigenvalue weighted by atomic mass is 32.5. The molecule has 0 aliphatic heterocycles. The van der Waals surface area contributed by atoms with E-state index in [1.807, 2.05) is 0 Å². The molecule has 2 nitrogen and oxygen atoms in total. The van der Waals surface area contributed by atoms with E-state index >= 15 is 0 Å². The highest BCUT2D eigenvalue weighted by Gasteiger charge is 3.03. The number of carboxylic acid groups (broad SMARTS) is 1. The van der Waals surface area contributed by atoms with Crippen molar-refractivity contribution in [3.05, 3.63) is 0 Å². The number of alkyl halides is 28. The molecule has 0 bridgehead atoms. The molecule has 0 aromatic carbocycles. The van der Waals surface area contributed by atoms with Crippen LogP contribution in [0.15, 0.2) is 0 Å². The van der Waals surface area contributed by atoms with Crippen LogP contribution in [-0.2, 0) is 4.79 Å². The van der Waals surface area contributed by atoms with E-state index in [1.54, 1.807) is 0 Å². The third kappa shape index (κ3) is 5.36. The van der Waals surface area contributed by atoms with Crippen molar-refractivity contribution in [2.45, 2.75) is 82.2 Å². The fourth-order valence-electron chi connectivity index (χ4n) is 2.73. The maximum atomic E-state index is 13.7. The fraction of sp³-hybridized carbons (Fsp3) is 0.933. The van der Waals surface area contributed by atoms with E-state index in [1.165, 1.54) is 0 Å². The topological polar surface area (TPSA) is 37.3 Å². The number of halogens is 33. The molecule has 0 spiro atoms. The maximum absolute atomic E-state index is 14.0. The predicted molar refractivity (Wildman–Crippen MR) is 90.0 cm³/mol. The minimum Gasteiger partial charge on any atom is -0.477 e. The van der Waals surface area contributed by atoms with Crippen LogP contribution >= 0.6 is 10.2 Å². The minimum absolute atomic E-state index is 4.85. The van der Waals surface area contributed by atoms with Gasteiger partial charge in [-0.15, -0.1) is 0 Å². The van der Waals surface area contributed by atoms with Gasteiger partial charge in [0, 0.05) is 0 Å². The second-order valence-electron chi connectivity index (χ2n) is 9.26. The summed E-state index contributed by atoms with van der Waals surface area (Å²) in [6.07, 6.45) is 0. The quantitative estimate of drug-likeness (QED) is 0.167. The minimum atomic E-state index is -14.0. The number of aliphatic carboxylic acids is 1. The molecule has 0 rings (SSSR count). The molecule has 1 N–H and O–H groups in total. The van der Waals surface area contributed by atoms with Crippen LogP contribution in [0.1, 0.15) is 0 Å². The van der Waals surface area contributed by atoms with Crippen LogP contribution in [0.25, 0.3) is 0 Å². The Labute approximate surface area is 252 Å². The normalized spacial score (nSPS) is 18.4. The Balaban J connectivity index is 7.79. The number of carbonyl (C=O) groups is 1. The number of hydrogen-bond acceptors (Lipinski definition) is 1. The summed E-state index contributed by atoms with van der Waals surface area (Å²) in [6.45, 7) is 0. The Morgan fingerprint density at radius 2 is 0.431 bits per heavy atom. The van der Waals surface area contributed by atoms with Crippen molar-refractivity contribution in [1.29, 1.82) is 0 Å². The average molecular weight is 872 g/mol. The molecule has 310 valence electrons. The van der Waals surface area contributed by atoms with Crippen LogP contribution in [-0.4, -0.2) is 93.3 Å². The lowest BCUT2D eigenvalue weighted by Gasteiger charge is -2.51. The molecule has 0 radical (unpaired) electrons. The van der Waals surface area contributed by atoms with Crippen LogP contribution < -0.4 is 0 Å². The average Bonchev–Trinajstić information content (AvgIpc) is 2.85. The second kappa shape index (κ2) is 10.4. The summed E-state index contributed by atoms with van der Waals surface area (Å²) in [5.41, 5.74) is 0. The standard InChI is InChI=1S/C15HF33O2S/c16-2(17,1(49)50)3(18,19)4(20,21)5(22,23)6(24,25)7(26,27)8(28,29)9(30,31)10(32,33)11(34,35)12(36,37)13(38,39)14(40,41)15(42,43)51(44,45,46,47)48/h(H,49,50). The summed E-state index contributed by atoms with van der Waals surface area (Å²) in [6, 6.07) is 0. The lowest BCUT2D eigenvalue weighted by atomic mass is 9.83. The molecular weight excluding hydrogens is 871 g/mol. The zero-order chi connectivity index (χ0) is 43.0. The SMILES string of the molecule is O=C(O)C(F)(F)C(F)(F)C(F)(F)C(F)(F)C(F)(F)C(F)(F)C(F)(F)C(F)(F)C(F)(F)C(F)(F)C(F)(F)C(F)(F)C(F)(F)C(F)(F)S(F)(F)(F)(F)F. The third-order valence-corrected chi connectivity index (χ3v) is 7.08. The van der Waals surface area contributed by atoms with Crippen molar-refractivity contribution in [1.82, 2.24) is 0 Å². The van der Waals surface area contributed by atoms with Crippen LogP contribution in [0.3, 0.4) is 0 Å². The first-order valence-electron chi connectivity index (χ1n) is 10.2. The van der Waals surface area contributed by atoms with Gasteiger partial charge < -0.3 is 5.11 Å². The highest BCUT2D eigenvalue weighted by molar-refractivity contribution is 8.46. The Morgan fingerprint density at radius 1 is 0.294 bits per heavy atom. The number of rotatable bonds is 15. The summed E-state index contributed by atoms with van der Waals surface area (Å²) in [4.78, 5) is 9.92. The van der Waals surface area contributed by atoms with Crippen molar-refractivity contribution in [2.24, 2.45) is 0 Å². The summed E-state index contributed by atoms with van der Waals surface area (Å²) in [5, 5.41) is -2.58. The lowest BCUT2D eigenvalue weighted by Crippen LogP contribution is -2.79. The monoisotopic (exact) mass is 872 g/mol. The molecule has 0 saturated heterocycles. The summed E-state index contributed by atoms with van der Waals surface area (Å²) in [5.74, 6) is -133. The molecule has 0 aromatic heterocycles. The van der Waals surface area contributed by atoms with Gasteiger partial charge in [-0.3, -0.25) is 0 Å². The van der Waals surface area contributed by atoms with Gasteiger partial charge in [-0.25, -0.2) is 4.79 Å². The molecule has 0 atom stereocenters. The fourth-order valence-corrected chi connectivity index (χ4v) is 3.34. The van der Waals surface area contributed by atoms with Gasteiger partial charge in [0.05, 0.1) is 0 Å². The lowest BCUT2D eigenvalue weighted by molar-refractivity contribution is -0.483. The first kappa shape index (κ1) is 48.5. The summed E-state index contributed by atoms with van der Waals surface area (Å²) >= 11 is 0. The molecule has 0 saturated carbocycles. The van der Waals surface area contributed by atoms with Gasteiger partial charge in [0.1, 0.15) is 0 Å². The van der Waals surface area contributed by atoms with Crippen molar-refractivity contribution in [3.63, 3.8) is 0 Å². The van der Waals surface area contributed by atoms with Crippen LogP contribution in [0.4, 0.5) is 142 Å². The van der Waals surface area contributed by atoms with Crippen LogP contribution in [0, 0.1) is 0 Å². The first-order valence-corrected chi connectivity index (χ1v) is 12.1. The van der Waals surface area contributed by atoms with E-state index in [9.17, 15) is 147 Å². The van der Waals surface area contributed by atoms with Gasteiger partial charge in [0.25, 0.3) is 0 Å². The van der Waals surface area contributed by atoms with E-state index in [2.05, 4.69) is 0 Å². The van der Waals surface area contributed by atoms with Crippen molar-refractivity contribution in [3.8, 4) is 0 Å². The molecule has 0 amide bonds. The third-order valence-electron chi connectivity index (χ3n) is 5.85. The molecular formula is C15HF33O2S.